The molecule has 0 atom stereocenters. The lowest BCUT2D eigenvalue weighted by molar-refractivity contribution is 0.0947. The van der Waals surface area contributed by atoms with Crippen molar-refractivity contribution in [1.29, 1.82) is 0 Å². The largest absolute Gasteiger partial charge is 0.384 e. The van der Waals surface area contributed by atoms with E-state index in [1.165, 1.54) is 5.56 Å². The number of anilines is 1. The molecule has 112 valence electrons. The van der Waals surface area contributed by atoms with Crippen LogP contribution < -0.4 is 10.6 Å². The van der Waals surface area contributed by atoms with Crippen LogP contribution in [-0.4, -0.2) is 19.0 Å². The number of rotatable bonds is 8. The molecule has 0 saturated heterocycles. The summed E-state index contributed by atoms with van der Waals surface area (Å²) in [6, 6.07) is 5.94. The van der Waals surface area contributed by atoms with Gasteiger partial charge in [-0.05, 0) is 37.0 Å². The standard InChI is InChI=1S/C17H28N2O/c1-5-10-18-16-11-13(4)8-9-15(16)17(20)19-12-14(6-2)7-3/h8-9,11,14,18H,5-7,10,12H2,1-4H3,(H,19,20). The number of carbonyl (C=O) groups excluding carboxylic acids is 1. The zero-order chi connectivity index (χ0) is 15.0. The molecule has 1 aromatic carbocycles. The molecule has 0 unspecified atom stereocenters. The Balaban J connectivity index is 2.75. The topological polar surface area (TPSA) is 41.1 Å². The molecule has 1 aromatic rings. The van der Waals surface area contributed by atoms with E-state index in [1.807, 2.05) is 25.1 Å². The molecule has 2 N–H and O–H groups in total. The van der Waals surface area contributed by atoms with E-state index in [4.69, 9.17) is 0 Å². The van der Waals surface area contributed by atoms with Gasteiger partial charge in [-0.2, -0.15) is 0 Å². The van der Waals surface area contributed by atoms with Crippen LogP contribution >= 0.6 is 0 Å². The molecule has 20 heavy (non-hydrogen) atoms. The number of aryl methyl sites for hydroxylation is 1. The number of benzene rings is 1. The van der Waals surface area contributed by atoms with Crippen molar-refractivity contribution in [2.75, 3.05) is 18.4 Å². The number of nitrogens with one attached hydrogen (secondary N) is 2. The minimum Gasteiger partial charge on any atom is -0.384 e. The van der Waals surface area contributed by atoms with Crippen LogP contribution in [0.2, 0.25) is 0 Å². The van der Waals surface area contributed by atoms with Gasteiger partial charge in [0.25, 0.3) is 5.91 Å². The van der Waals surface area contributed by atoms with Crippen LogP contribution in [0.5, 0.6) is 0 Å². The molecule has 0 aromatic heterocycles. The normalized spacial score (nSPS) is 10.7. The summed E-state index contributed by atoms with van der Waals surface area (Å²) < 4.78 is 0. The van der Waals surface area contributed by atoms with Crippen LogP contribution in [0.4, 0.5) is 5.69 Å². The molecule has 0 radical (unpaired) electrons. The van der Waals surface area contributed by atoms with Crippen LogP contribution in [0.15, 0.2) is 18.2 Å². The van der Waals surface area contributed by atoms with E-state index in [0.717, 1.165) is 43.6 Å². The van der Waals surface area contributed by atoms with Crippen molar-refractivity contribution in [1.82, 2.24) is 5.32 Å². The summed E-state index contributed by atoms with van der Waals surface area (Å²) in [5, 5.41) is 6.40. The predicted molar refractivity (Wildman–Crippen MR) is 86.4 cm³/mol. The zero-order valence-corrected chi connectivity index (χ0v) is 13.3. The van der Waals surface area contributed by atoms with Crippen molar-refractivity contribution < 1.29 is 4.79 Å². The number of hydrogen-bond donors (Lipinski definition) is 2. The fourth-order valence-electron chi connectivity index (χ4n) is 2.17. The average Bonchev–Trinajstić information content (AvgIpc) is 2.46. The minimum absolute atomic E-state index is 0.0236. The molecule has 0 fully saturated rings. The van der Waals surface area contributed by atoms with Crippen LogP contribution in [0.1, 0.15) is 56.0 Å². The summed E-state index contributed by atoms with van der Waals surface area (Å²) in [6.07, 6.45) is 3.25. The van der Waals surface area contributed by atoms with E-state index in [2.05, 4.69) is 31.4 Å². The van der Waals surface area contributed by atoms with Crippen molar-refractivity contribution in [2.24, 2.45) is 5.92 Å². The van der Waals surface area contributed by atoms with E-state index >= 15 is 0 Å². The Morgan fingerprint density at radius 2 is 1.90 bits per heavy atom. The number of amides is 1. The van der Waals surface area contributed by atoms with E-state index in [0.29, 0.717) is 5.92 Å². The molecule has 1 rings (SSSR count). The summed E-state index contributed by atoms with van der Waals surface area (Å²) in [6.45, 7) is 10.1. The third-order valence-corrected chi connectivity index (χ3v) is 3.69. The first kappa shape index (κ1) is 16.5. The van der Waals surface area contributed by atoms with Gasteiger partial charge in [-0.15, -0.1) is 0 Å². The Labute approximate surface area is 123 Å². The second-order valence-corrected chi connectivity index (χ2v) is 5.37. The third kappa shape index (κ3) is 4.87. The highest BCUT2D eigenvalue weighted by Gasteiger charge is 2.12. The van der Waals surface area contributed by atoms with Gasteiger partial charge in [-0.3, -0.25) is 4.79 Å². The summed E-state index contributed by atoms with van der Waals surface area (Å²) >= 11 is 0. The van der Waals surface area contributed by atoms with Crippen molar-refractivity contribution in [3.8, 4) is 0 Å². The molecule has 3 nitrogen and oxygen atoms in total. The van der Waals surface area contributed by atoms with Gasteiger partial charge >= 0.3 is 0 Å². The van der Waals surface area contributed by atoms with E-state index in [-0.39, 0.29) is 5.91 Å². The Kier molecular flexibility index (Phi) is 7.13. The molecule has 0 saturated carbocycles. The SMILES string of the molecule is CCCNc1cc(C)ccc1C(=O)NCC(CC)CC. The molecule has 0 bridgehead atoms. The lowest BCUT2D eigenvalue weighted by atomic mass is 10.0. The lowest BCUT2D eigenvalue weighted by Crippen LogP contribution is -2.29. The third-order valence-electron chi connectivity index (χ3n) is 3.69. The molecule has 0 heterocycles. The maximum absolute atomic E-state index is 12.3. The monoisotopic (exact) mass is 276 g/mol. The Morgan fingerprint density at radius 3 is 2.50 bits per heavy atom. The van der Waals surface area contributed by atoms with Crippen molar-refractivity contribution in [2.45, 2.75) is 47.0 Å². The highest BCUT2D eigenvalue weighted by atomic mass is 16.1. The number of carbonyl (C=O) groups is 1. The van der Waals surface area contributed by atoms with Gasteiger partial charge in [0, 0.05) is 18.8 Å². The van der Waals surface area contributed by atoms with Crippen molar-refractivity contribution in [3.05, 3.63) is 29.3 Å². The summed E-state index contributed by atoms with van der Waals surface area (Å²) in [7, 11) is 0. The van der Waals surface area contributed by atoms with E-state index in [9.17, 15) is 4.79 Å². The molecule has 3 heteroatoms. The second-order valence-electron chi connectivity index (χ2n) is 5.37. The summed E-state index contributed by atoms with van der Waals surface area (Å²) in [4.78, 5) is 12.3. The van der Waals surface area contributed by atoms with Crippen molar-refractivity contribution >= 4 is 11.6 Å². The molecule has 1 amide bonds. The van der Waals surface area contributed by atoms with Crippen molar-refractivity contribution in [3.63, 3.8) is 0 Å². The zero-order valence-electron chi connectivity index (χ0n) is 13.3. The molecule has 0 spiro atoms. The van der Waals surface area contributed by atoms with Gasteiger partial charge in [0.2, 0.25) is 0 Å². The maximum Gasteiger partial charge on any atom is 0.253 e. The van der Waals surface area contributed by atoms with Crippen LogP contribution in [-0.2, 0) is 0 Å². The Hall–Kier alpha value is -1.51. The molecule has 0 aliphatic rings. The van der Waals surface area contributed by atoms with Crippen LogP contribution in [0.25, 0.3) is 0 Å². The van der Waals surface area contributed by atoms with Gasteiger partial charge in [0.05, 0.1) is 5.56 Å². The molecule has 0 aliphatic carbocycles. The quantitative estimate of drug-likeness (QED) is 0.754. The first-order valence-electron chi connectivity index (χ1n) is 7.75. The maximum atomic E-state index is 12.3. The van der Waals surface area contributed by atoms with Gasteiger partial charge in [0.1, 0.15) is 0 Å². The van der Waals surface area contributed by atoms with Gasteiger partial charge in [0.15, 0.2) is 0 Å². The first-order chi connectivity index (χ1) is 9.62. The summed E-state index contributed by atoms with van der Waals surface area (Å²) in [5.74, 6) is 0.590. The smallest absolute Gasteiger partial charge is 0.253 e. The fourth-order valence-corrected chi connectivity index (χ4v) is 2.17. The Bertz CT molecular complexity index is 425. The van der Waals surface area contributed by atoms with E-state index < -0.39 is 0 Å². The van der Waals surface area contributed by atoms with Gasteiger partial charge in [-0.25, -0.2) is 0 Å². The Morgan fingerprint density at radius 1 is 1.20 bits per heavy atom. The predicted octanol–water partition coefficient (Wildman–Crippen LogP) is 3.98. The van der Waals surface area contributed by atoms with Gasteiger partial charge in [-0.1, -0.05) is 39.7 Å². The fraction of sp³-hybridized carbons (Fsp3) is 0.588. The van der Waals surface area contributed by atoms with E-state index in [1.54, 1.807) is 0 Å². The highest BCUT2D eigenvalue weighted by molar-refractivity contribution is 5.99. The highest BCUT2D eigenvalue weighted by Crippen LogP contribution is 2.18. The van der Waals surface area contributed by atoms with Crippen LogP contribution in [0.3, 0.4) is 0 Å². The van der Waals surface area contributed by atoms with Crippen LogP contribution in [0, 0.1) is 12.8 Å². The molecular weight excluding hydrogens is 248 g/mol. The lowest BCUT2D eigenvalue weighted by Gasteiger charge is -2.16. The average molecular weight is 276 g/mol. The molecular formula is C17H28N2O. The van der Waals surface area contributed by atoms with Gasteiger partial charge < -0.3 is 10.6 Å². The summed E-state index contributed by atoms with van der Waals surface area (Å²) in [5.41, 5.74) is 2.85. The molecule has 0 aliphatic heterocycles. The number of hydrogen-bond acceptors (Lipinski definition) is 2. The first-order valence-corrected chi connectivity index (χ1v) is 7.75. The minimum atomic E-state index is 0.0236. The second kappa shape index (κ2) is 8.62.